The van der Waals surface area contributed by atoms with E-state index in [-0.39, 0.29) is 57.9 Å². The normalized spacial score (nSPS) is 13.3. The summed E-state index contributed by atoms with van der Waals surface area (Å²) < 4.78 is 39.5. The molecular weight excluding hydrogens is 1790 g/mol. The van der Waals surface area contributed by atoms with E-state index in [1.807, 2.05) is 188 Å². The third-order valence-corrected chi connectivity index (χ3v) is 25.5. The van der Waals surface area contributed by atoms with E-state index >= 15 is 0 Å². The summed E-state index contributed by atoms with van der Waals surface area (Å²) in [5.74, 6) is 44.1. The number of aryl methyl sites for hydroxylation is 10. The molecule has 0 amide bonds. The summed E-state index contributed by atoms with van der Waals surface area (Å²) >= 11 is 11.9. The van der Waals surface area contributed by atoms with Crippen LogP contribution in [-0.2, 0) is 44.9 Å². The lowest BCUT2D eigenvalue weighted by atomic mass is 9.89. The van der Waals surface area contributed by atoms with Crippen molar-refractivity contribution in [1.29, 1.82) is 0 Å². The van der Waals surface area contributed by atoms with E-state index in [0.717, 1.165) is 240 Å². The molecule has 12 heteroatoms. The van der Waals surface area contributed by atoms with E-state index in [4.69, 9.17) is 23.2 Å². The molecular formula is C129H99Cl2F3O7. The van der Waals surface area contributed by atoms with Crippen LogP contribution in [0.3, 0.4) is 0 Å². The Labute approximate surface area is 834 Å². The largest absolute Gasteiger partial charge is 0.294 e. The topological polar surface area (TPSA) is 119 Å². The maximum Gasteiger partial charge on any atom is 0.163 e. The first kappa shape index (κ1) is 99.5. The average molecular weight is 1890 g/mol. The molecule has 7 nitrogen and oxygen atoms in total. The molecule has 0 bridgehead atoms. The van der Waals surface area contributed by atoms with Gasteiger partial charge in [-0.3, -0.25) is 33.6 Å². The lowest BCUT2D eigenvalue weighted by Crippen LogP contribution is -2.10. The van der Waals surface area contributed by atoms with Crippen LogP contribution in [-0.4, -0.2) is 40.5 Å². The first-order valence-corrected chi connectivity index (χ1v) is 48.4. The van der Waals surface area contributed by atoms with Gasteiger partial charge in [-0.15, -0.1) is 0 Å². The van der Waals surface area contributed by atoms with Crippen LogP contribution in [0.25, 0.3) is 0 Å². The fourth-order valence-electron chi connectivity index (χ4n) is 17.3. The summed E-state index contributed by atoms with van der Waals surface area (Å²) in [5, 5.41) is 1.37. The number of rotatable bonds is 0. The molecule has 0 radical (unpaired) electrons. The van der Waals surface area contributed by atoms with E-state index in [0.29, 0.717) is 66.1 Å². The summed E-state index contributed by atoms with van der Waals surface area (Å²) in [4.78, 5) is 82.3. The lowest BCUT2D eigenvalue weighted by molar-refractivity contribution is 0.0964. The average Bonchev–Trinajstić information content (AvgIpc) is 0.846. The number of Topliss-reactive ketones (excluding diaryl/α,β-unsaturated/α-hetero) is 7. The van der Waals surface area contributed by atoms with E-state index in [2.05, 4.69) is 133 Å². The van der Waals surface area contributed by atoms with E-state index in [9.17, 15) is 46.7 Å². The molecule has 141 heavy (non-hydrogen) atoms. The monoisotopic (exact) mass is 1890 g/mol. The molecule has 0 saturated heterocycles. The number of benzene rings is 14. The van der Waals surface area contributed by atoms with Crippen molar-refractivity contribution in [2.75, 3.05) is 0 Å². The van der Waals surface area contributed by atoms with E-state index in [1.165, 1.54) is 35.4 Å². The zero-order valence-corrected chi connectivity index (χ0v) is 80.3. The van der Waals surface area contributed by atoms with Gasteiger partial charge in [-0.25, -0.2) is 13.2 Å². The number of fused-ring (bicyclic) bond motifs is 7. The van der Waals surface area contributed by atoms with Crippen molar-refractivity contribution in [2.45, 2.75) is 156 Å². The van der Waals surface area contributed by atoms with Gasteiger partial charge in [0.05, 0.1) is 10.6 Å². The van der Waals surface area contributed by atoms with Crippen LogP contribution in [0.2, 0.25) is 10.0 Å². The number of carbonyl (C=O) groups excluding carboxylic acids is 7. The van der Waals surface area contributed by atoms with Crippen molar-refractivity contribution in [3.05, 3.63) is 491 Å². The quantitative estimate of drug-likeness (QED) is 0.139. The lowest BCUT2D eigenvalue weighted by Gasteiger charge is -2.14. The molecule has 0 aliphatic heterocycles. The molecule has 0 atom stereocenters. The number of hydrogen-bond donors (Lipinski definition) is 0. The van der Waals surface area contributed by atoms with Gasteiger partial charge in [0.25, 0.3) is 0 Å². The molecule has 21 rings (SSSR count). The second-order valence-corrected chi connectivity index (χ2v) is 36.3. The minimum atomic E-state index is -0.312. The number of halogens is 5. The van der Waals surface area contributed by atoms with Gasteiger partial charge in [0.2, 0.25) is 0 Å². The Kier molecular flexibility index (Phi) is 34.5. The Balaban J connectivity index is 0.000000124. The second kappa shape index (κ2) is 48.9. The minimum absolute atomic E-state index is 0.208. The standard InChI is InChI=1S/C19H15FO.2C19H16O.2C18H13ClO.2C18H13FO/c1-13-11-14(8-10-18(13)20)5-6-15-7-9-17-16(12-15)3-2-4-19(17)21;1-14-4-2-5-15(12-14)8-9-16-10-11-18-17(13-16)6-3-7-19(18)20;1-14-5-7-15(8-6-14)9-10-16-11-12-18-17(13-16)3-2-4-19(18)20;19-17-6-2-1-4-14(17)10-8-13-9-11-16-15(12-13)5-3-7-18(16)20;19-16-9-6-13(7-10-16)4-5-14-8-11-17-15(12-14)2-1-3-18(17)20;19-17-6-2-1-4-14(17)10-8-13-9-11-16-15(12-13)5-3-7-18(16)20;19-16-9-6-13(7-10-16)4-5-14-8-11-17-15(12-14)2-1-3-18(17)20/h7-12H,2-4H2,1H3;2,4-5,10-13H,3,6-7H2,1H3;5-8,11-13H,2-4H2,1H3;1-2,4,6,9,11-12H,3,5,7H2;6-12H,1-3H2;1-2,4,6,9,11-12H,3,5,7H2;6-12H,1-3H2. The van der Waals surface area contributed by atoms with E-state index in [1.54, 1.807) is 49.4 Å². The van der Waals surface area contributed by atoms with Crippen LogP contribution in [0, 0.1) is 121 Å². The number of hydrogen-bond acceptors (Lipinski definition) is 7. The van der Waals surface area contributed by atoms with Crippen molar-refractivity contribution in [2.24, 2.45) is 0 Å². The molecule has 7 aliphatic rings. The van der Waals surface area contributed by atoms with Crippen molar-refractivity contribution < 1.29 is 46.7 Å². The van der Waals surface area contributed by atoms with Crippen LogP contribution in [0.1, 0.15) is 296 Å². The maximum absolute atomic E-state index is 13.5. The van der Waals surface area contributed by atoms with Crippen LogP contribution in [0.4, 0.5) is 13.2 Å². The smallest absolute Gasteiger partial charge is 0.163 e. The van der Waals surface area contributed by atoms with Crippen molar-refractivity contribution >= 4 is 63.7 Å². The summed E-state index contributed by atoms with van der Waals surface area (Å²) in [6, 6.07) is 89.5. The highest BCUT2D eigenvalue weighted by molar-refractivity contribution is 6.31. The van der Waals surface area contributed by atoms with Gasteiger partial charge in [0.15, 0.2) is 40.5 Å². The summed E-state index contributed by atoms with van der Waals surface area (Å²) in [6.45, 7) is 5.86. The Bertz CT molecular complexity index is 7250. The summed E-state index contributed by atoms with van der Waals surface area (Å²) in [6.07, 6.45) is 17.8. The van der Waals surface area contributed by atoms with Crippen LogP contribution in [0.15, 0.2) is 291 Å². The highest BCUT2D eigenvalue weighted by Crippen LogP contribution is 2.31. The Hall–Kier alpha value is -15.9. The van der Waals surface area contributed by atoms with Gasteiger partial charge in [-0.2, -0.15) is 0 Å². The van der Waals surface area contributed by atoms with Crippen LogP contribution in [0.5, 0.6) is 0 Å². The van der Waals surface area contributed by atoms with Crippen molar-refractivity contribution in [3.8, 4) is 82.9 Å². The van der Waals surface area contributed by atoms with Gasteiger partial charge in [-0.05, 0) is 403 Å². The third kappa shape index (κ3) is 28.4. The molecule has 14 aromatic carbocycles. The zero-order chi connectivity index (χ0) is 98.5. The van der Waals surface area contributed by atoms with Crippen LogP contribution >= 0.6 is 23.2 Å². The Morgan fingerprint density at radius 2 is 0.461 bits per heavy atom. The van der Waals surface area contributed by atoms with Gasteiger partial charge >= 0.3 is 0 Å². The minimum Gasteiger partial charge on any atom is -0.294 e. The maximum atomic E-state index is 13.5. The van der Waals surface area contributed by atoms with Gasteiger partial charge in [0, 0.05) is 161 Å². The summed E-state index contributed by atoms with van der Waals surface area (Å²) in [5.41, 5.74) is 29.0. The van der Waals surface area contributed by atoms with Gasteiger partial charge < -0.3 is 0 Å². The van der Waals surface area contributed by atoms with Crippen molar-refractivity contribution in [1.82, 2.24) is 0 Å². The fourth-order valence-corrected chi connectivity index (χ4v) is 17.7. The Morgan fingerprint density at radius 1 is 0.206 bits per heavy atom. The van der Waals surface area contributed by atoms with E-state index < -0.39 is 0 Å². The predicted octanol–water partition coefficient (Wildman–Crippen LogP) is 27.9. The highest BCUT2D eigenvalue weighted by atomic mass is 35.5. The number of ketones is 7. The molecule has 0 N–H and O–H groups in total. The first-order chi connectivity index (χ1) is 68.5. The zero-order valence-electron chi connectivity index (χ0n) is 78.8. The second-order valence-electron chi connectivity index (χ2n) is 35.5. The molecule has 0 unspecified atom stereocenters. The molecule has 0 saturated carbocycles. The molecule has 0 heterocycles. The van der Waals surface area contributed by atoms with Gasteiger partial charge in [-0.1, -0.05) is 160 Å². The molecule has 7 aliphatic carbocycles. The molecule has 0 spiro atoms. The summed E-state index contributed by atoms with van der Waals surface area (Å²) in [7, 11) is 0. The molecule has 0 fully saturated rings. The third-order valence-electron chi connectivity index (χ3n) is 24.9. The first-order valence-electron chi connectivity index (χ1n) is 47.7. The fraction of sp³-hybridized carbons (Fsp3) is 0.186. The predicted molar refractivity (Wildman–Crippen MR) is 557 cm³/mol. The van der Waals surface area contributed by atoms with Gasteiger partial charge in [0.1, 0.15) is 17.5 Å². The SMILES string of the molecule is Cc1cc(C#Cc2ccc3c(c2)CCCC3=O)ccc1F.Cc1ccc(C#Cc2ccc3c(c2)CCCC3=O)cc1.Cc1cccc(C#Cc2ccc3c(c2)CCCC3=O)c1.O=C1CCCc2cc(C#Cc3ccc(Cl)cc3)ccc21.O=C1CCCc2cc(C#Cc3ccc(F)cc3)ccc21.O=C1CCCc2cc(C#Cc3ccccc3Cl)ccc21.O=C1CCCc2cc(C#Cc3ccccc3F)ccc21. The van der Waals surface area contributed by atoms with Crippen LogP contribution < -0.4 is 0 Å². The number of carbonyl (C=O) groups is 7. The molecule has 692 valence electrons. The highest BCUT2D eigenvalue weighted by Gasteiger charge is 2.24. The molecule has 0 aromatic heterocycles. The Morgan fingerprint density at radius 3 is 0.773 bits per heavy atom. The molecule has 14 aromatic rings. The van der Waals surface area contributed by atoms with Crippen molar-refractivity contribution in [3.63, 3.8) is 0 Å².